The number of hydrogen-bond acceptors (Lipinski definition) is 4. The van der Waals surface area contributed by atoms with Gasteiger partial charge in [-0.2, -0.15) is 0 Å². The van der Waals surface area contributed by atoms with Crippen LogP contribution in [0.1, 0.15) is 21.5 Å². The van der Waals surface area contributed by atoms with Gasteiger partial charge in [0, 0.05) is 11.8 Å². The molecule has 0 aromatic heterocycles. The fourth-order valence-corrected chi connectivity index (χ4v) is 2.14. The summed E-state index contributed by atoms with van der Waals surface area (Å²) in [5.74, 6) is 0.0758. The van der Waals surface area contributed by atoms with Crippen LogP contribution in [0.3, 0.4) is 0 Å². The molecule has 0 radical (unpaired) electrons. The Bertz CT molecular complexity index is 696. The van der Waals surface area contributed by atoms with Crippen LogP contribution in [0, 0.1) is 13.8 Å². The lowest BCUT2D eigenvalue weighted by molar-refractivity contribution is 0.102. The Morgan fingerprint density at radius 1 is 1.24 bits per heavy atom. The average molecular weight is 286 g/mol. The van der Waals surface area contributed by atoms with Crippen LogP contribution in [0.15, 0.2) is 30.3 Å². The van der Waals surface area contributed by atoms with E-state index in [0.29, 0.717) is 28.3 Å². The molecule has 0 aliphatic heterocycles. The molecule has 0 fully saturated rings. The molecule has 0 bridgehead atoms. The number of benzene rings is 2. The molecule has 0 saturated carbocycles. The summed E-state index contributed by atoms with van der Waals surface area (Å²) in [5, 5.41) is 12.7. The molecule has 4 N–H and O–H groups in total. The number of hydrogen-bond donors (Lipinski definition) is 3. The van der Waals surface area contributed by atoms with Crippen LogP contribution >= 0.6 is 0 Å². The summed E-state index contributed by atoms with van der Waals surface area (Å²) in [6.07, 6.45) is 0. The first-order valence-electron chi connectivity index (χ1n) is 6.47. The molecule has 0 atom stereocenters. The molecule has 1 amide bonds. The van der Waals surface area contributed by atoms with Crippen molar-refractivity contribution in [1.82, 2.24) is 0 Å². The predicted molar refractivity (Wildman–Crippen MR) is 82.9 cm³/mol. The van der Waals surface area contributed by atoms with E-state index in [2.05, 4.69) is 5.32 Å². The van der Waals surface area contributed by atoms with Crippen molar-refractivity contribution in [2.24, 2.45) is 0 Å². The second-order valence-corrected chi connectivity index (χ2v) is 4.89. The normalized spacial score (nSPS) is 10.2. The summed E-state index contributed by atoms with van der Waals surface area (Å²) in [6, 6.07) is 8.34. The highest BCUT2D eigenvalue weighted by molar-refractivity contribution is 6.07. The monoisotopic (exact) mass is 286 g/mol. The van der Waals surface area contributed by atoms with Gasteiger partial charge in [0.15, 0.2) is 0 Å². The largest absolute Gasteiger partial charge is 0.505 e. The zero-order valence-corrected chi connectivity index (χ0v) is 12.2. The minimum Gasteiger partial charge on any atom is -0.505 e. The van der Waals surface area contributed by atoms with Gasteiger partial charge in [0.1, 0.15) is 11.5 Å². The van der Waals surface area contributed by atoms with Crippen molar-refractivity contribution in [2.45, 2.75) is 13.8 Å². The van der Waals surface area contributed by atoms with Gasteiger partial charge in [-0.15, -0.1) is 0 Å². The van der Waals surface area contributed by atoms with Crippen molar-refractivity contribution < 1.29 is 14.6 Å². The number of carbonyl (C=O) groups excluding carboxylic acids is 1. The van der Waals surface area contributed by atoms with Gasteiger partial charge < -0.3 is 20.9 Å². The highest BCUT2D eigenvalue weighted by atomic mass is 16.5. The third-order valence-electron chi connectivity index (χ3n) is 3.16. The second kappa shape index (κ2) is 5.75. The molecule has 2 aromatic carbocycles. The Labute approximate surface area is 123 Å². The van der Waals surface area contributed by atoms with Gasteiger partial charge in [0.2, 0.25) is 0 Å². The first-order chi connectivity index (χ1) is 9.92. The molecule has 110 valence electrons. The fraction of sp³-hybridized carbons (Fsp3) is 0.188. The fourth-order valence-electron chi connectivity index (χ4n) is 2.14. The Balaban J connectivity index is 2.35. The molecule has 0 aliphatic carbocycles. The molecule has 2 rings (SSSR count). The van der Waals surface area contributed by atoms with Crippen LogP contribution in [-0.2, 0) is 0 Å². The standard InChI is InChI=1S/C16H18N2O3/c1-9-6-10(2)15(19)13(7-9)18-16(20)12-5-4-11(17)8-14(12)21-3/h4-8,19H,17H2,1-3H3,(H,18,20). The third-order valence-corrected chi connectivity index (χ3v) is 3.16. The second-order valence-electron chi connectivity index (χ2n) is 4.89. The maximum absolute atomic E-state index is 12.3. The van der Waals surface area contributed by atoms with E-state index >= 15 is 0 Å². The highest BCUT2D eigenvalue weighted by Crippen LogP contribution is 2.30. The van der Waals surface area contributed by atoms with Gasteiger partial charge in [0.05, 0.1) is 18.4 Å². The number of anilines is 2. The SMILES string of the molecule is COc1cc(N)ccc1C(=O)Nc1cc(C)cc(C)c1O. The third kappa shape index (κ3) is 3.08. The van der Waals surface area contributed by atoms with E-state index in [-0.39, 0.29) is 11.7 Å². The van der Waals surface area contributed by atoms with Crippen LogP contribution in [0.25, 0.3) is 0 Å². The molecule has 5 nitrogen and oxygen atoms in total. The number of phenolic OH excluding ortho intramolecular Hbond substituents is 1. The Hall–Kier alpha value is -2.69. The molecule has 21 heavy (non-hydrogen) atoms. The van der Waals surface area contributed by atoms with Gasteiger partial charge in [-0.1, -0.05) is 6.07 Å². The molecular formula is C16H18N2O3. The number of phenols is 1. The summed E-state index contributed by atoms with van der Waals surface area (Å²) in [6.45, 7) is 3.67. The van der Waals surface area contributed by atoms with Crippen LogP contribution in [0.4, 0.5) is 11.4 Å². The lowest BCUT2D eigenvalue weighted by Crippen LogP contribution is -2.14. The number of nitrogens with one attached hydrogen (secondary N) is 1. The predicted octanol–water partition coefficient (Wildman–Crippen LogP) is 2.85. The Kier molecular flexibility index (Phi) is 4.03. The molecule has 0 unspecified atom stereocenters. The van der Waals surface area contributed by atoms with Crippen LogP contribution in [0.2, 0.25) is 0 Å². The number of nitrogens with two attached hydrogens (primary N) is 1. The maximum atomic E-state index is 12.3. The minimum absolute atomic E-state index is 0.0587. The van der Waals surface area contributed by atoms with E-state index in [1.807, 2.05) is 13.0 Å². The first-order valence-corrected chi connectivity index (χ1v) is 6.47. The summed E-state index contributed by atoms with van der Waals surface area (Å²) >= 11 is 0. The summed E-state index contributed by atoms with van der Waals surface area (Å²) < 4.78 is 5.16. The van der Waals surface area contributed by atoms with Crippen molar-refractivity contribution in [2.75, 3.05) is 18.2 Å². The first kappa shape index (κ1) is 14.7. The zero-order valence-electron chi connectivity index (χ0n) is 12.2. The smallest absolute Gasteiger partial charge is 0.259 e. The van der Waals surface area contributed by atoms with Crippen LogP contribution < -0.4 is 15.8 Å². The van der Waals surface area contributed by atoms with Crippen LogP contribution in [0.5, 0.6) is 11.5 Å². The number of amides is 1. The topological polar surface area (TPSA) is 84.6 Å². The van der Waals surface area contributed by atoms with Crippen molar-refractivity contribution >= 4 is 17.3 Å². The molecule has 0 heterocycles. The Morgan fingerprint density at radius 3 is 2.62 bits per heavy atom. The van der Waals surface area contributed by atoms with Crippen molar-refractivity contribution in [3.8, 4) is 11.5 Å². The molecule has 2 aromatic rings. The van der Waals surface area contributed by atoms with E-state index in [1.54, 1.807) is 31.2 Å². The molecule has 5 heteroatoms. The summed E-state index contributed by atoms with van der Waals surface area (Å²) in [5.41, 5.74) is 8.56. The zero-order chi connectivity index (χ0) is 15.6. The number of methoxy groups -OCH3 is 1. The van der Waals surface area contributed by atoms with E-state index in [0.717, 1.165) is 5.56 Å². The van der Waals surface area contributed by atoms with Crippen LogP contribution in [-0.4, -0.2) is 18.1 Å². The maximum Gasteiger partial charge on any atom is 0.259 e. The minimum atomic E-state index is -0.368. The number of ether oxygens (including phenoxy) is 1. The highest BCUT2D eigenvalue weighted by Gasteiger charge is 2.15. The van der Waals surface area contributed by atoms with Gasteiger partial charge in [0.25, 0.3) is 5.91 Å². The number of aromatic hydroxyl groups is 1. The number of aryl methyl sites for hydroxylation is 2. The summed E-state index contributed by atoms with van der Waals surface area (Å²) in [7, 11) is 1.47. The number of nitrogen functional groups attached to an aromatic ring is 1. The molecule has 0 spiro atoms. The van der Waals surface area contributed by atoms with E-state index in [4.69, 9.17) is 10.5 Å². The number of rotatable bonds is 3. The lowest BCUT2D eigenvalue weighted by atomic mass is 10.1. The molecular weight excluding hydrogens is 268 g/mol. The van der Waals surface area contributed by atoms with Crippen molar-refractivity contribution in [3.63, 3.8) is 0 Å². The van der Waals surface area contributed by atoms with Crippen molar-refractivity contribution in [3.05, 3.63) is 47.0 Å². The Morgan fingerprint density at radius 2 is 1.95 bits per heavy atom. The van der Waals surface area contributed by atoms with E-state index in [1.165, 1.54) is 7.11 Å². The molecule has 0 aliphatic rings. The van der Waals surface area contributed by atoms with E-state index < -0.39 is 0 Å². The van der Waals surface area contributed by atoms with Gasteiger partial charge >= 0.3 is 0 Å². The van der Waals surface area contributed by atoms with Gasteiger partial charge in [-0.3, -0.25) is 4.79 Å². The molecule has 0 saturated heterocycles. The average Bonchev–Trinajstić information content (AvgIpc) is 2.43. The van der Waals surface area contributed by atoms with Gasteiger partial charge in [-0.25, -0.2) is 0 Å². The van der Waals surface area contributed by atoms with Gasteiger partial charge in [-0.05, 0) is 43.2 Å². The van der Waals surface area contributed by atoms with E-state index in [9.17, 15) is 9.90 Å². The lowest BCUT2D eigenvalue weighted by Gasteiger charge is -2.13. The number of carbonyl (C=O) groups is 1. The van der Waals surface area contributed by atoms with Crippen molar-refractivity contribution in [1.29, 1.82) is 0 Å². The quantitative estimate of drug-likeness (QED) is 0.598. The summed E-state index contributed by atoms with van der Waals surface area (Å²) in [4.78, 5) is 12.3.